The number of ketones is 1. The van der Waals surface area contributed by atoms with Gasteiger partial charge < -0.3 is 15.8 Å². The van der Waals surface area contributed by atoms with Gasteiger partial charge in [-0.05, 0) is 29.3 Å². The summed E-state index contributed by atoms with van der Waals surface area (Å²) in [5, 5.41) is 3.43. The van der Waals surface area contributed by atoms with E-state index in [1.165, 1.54) is 11.3 Å². The predicted molar refractivity (Wildman–Crippen MR) is 141 cm³/mol. The lowest BCUT2D eigenvalue weighted by Gasteiger charge is -2.26. The number of fused-ring (bicyclic) bond motifs is 1. The van der Waals surface area contributed by atoms with Crippen molar-refractivity contribution >= 4 is 44.8 Å². The van der Waals surface area contributed by atoms with Crippen molar-refractivity contribution in [1.29, 1.82) is 0 Å². The molecule has 0 bridgehead atoms. The molecule has 1 aliphatic rings. The van der Waals surface area contributed by atoms with Crippen molar-refractivity contribution in [2.24, 2.45) is 5.73 Å². The van der Waals surface area contributed by atoms with E-state index < -0.39 is 11.7 Å². The lowest BCUT2D eigenvalue weighted by atomic mass is 10.1. The summed E-state index contributed by atoms with van der Waals surface area (Å²) in [6, 6.07) is 18.4. The van der Waals surface area contributed by atoms with Crippen LogP contribution in [-0.2, 0) is 20.9 Å². The van der Waals surface area contributed by atoms with Gasteiger partial charge in [-0.2, -0.15) is 0 Å². The number of pyridine rings is 1. The van der Waals surface area contributed by atoms with Crippen molar-refractivity contribution in [3.8, 4) is 10.6 Å². The highest BCUT2D eigenvalue weighted by Gasteiger charge is 2.18. The first kappa shape index (κ1) is 23.8. The van der Waals surface area contributed by atoms with Crippen LogP contribution in [0.25, 0.3) is 26.6 Å². The van der Waals surface area contributed by atoms with Crippen molar-refractivity contribution in [3.05, 3.63) is 84.1 Å². The van der Waals surface area contributed by atoms with Crippen LogP contribution >= 0.6 is 11.3 Å². The largest absolute Gasteiger partial charge is 0.398 e. The van der Waals surface area contributed by atoms with E-state index in [0.29, 0.717) is 16.3 Å². The van der Waals surface area contributed by atoms with Crippen molar-refractivity contribution in [3.63, 3.8) is 0 Å². The standard InChI is InChI=1S/C27H25N5O3S/c28-21(19-6-2-1-3-7-19)15-24(33)25(34)30-22-9-5-4-8-20(22)26-31-23-14-18(16-29-27(23)36-26)17-32-10-12-35-13-11-32/h1-9,14-16H,10-13,17,28H2,(H,30,34)/b21-15-. The molecule has 5 rings (SSSR count). The average Bonchev–Trinajstić information content (AvgIpc) is 3.33. The number of hydrogen-bond acceptors (Lipinski definition) is 8. The Kier molecular flexibility index (Phi) is 7.13. The normalized spacial score (nSPS) is 14.6. The van der Waals surface area contributed by atoms with Crippen LogP contribution in [0, 0.1) is 0 Å². The Balaban J connectivity index is 1.34. The quantitative estimate of drug-likeness (QED) is 0.295. The second-order valence-electron chi connectivity index (χ2n) is 8.41. The lowest BCUT2D eigenvalue weighted by molar-refractivity contribution is -0.131. The van der Waals surface area contributed by atoms with Gasteiger partial charge in [0.2, 0.25) is 5.78 Å². The minimum absolute atomic E-state index is 0.231. The van der Waals surface area contributed by atoms with Gasteiger partial charge in [0.15, 0.2) is 0 Å². The highest BCUT2D eigenvalue weighted by molar-refractivity contribution is 7.21. The summed E-state index contributed by atoms with van der Waals surface area (Å²) >= 11 is 1.44. The van der Waals surface area contributed by atoms with Crippen molar-refractivity contribution in [2.75, 3.05) is 31.6 Å². The number of para-hydroxylation sites is 1. The first-order chi connectivity index (χ1) is 17.6. The van der Waals surface area contributed by atoms with Crippen molar-refractivity contribution in [1.82, 2.24) is 14.9 Å². The van der Waals surface area contributed by atoms with Gasteiger partial charge in [-0.1, -0.05) is 53.8 Å². The second kappa shape index (κ2) is 10.8. The van der Waals surface area contributed by atoms with E-state index in [4.69, 9.17) is 15.5 Å². The zero-order chi connectivity index (χ0) is 24.9. The minimum Gasteiger partial charge on any atom is -0.398 e. The Morgan fingerprint density at radius 1 is 1.08 bits per heavy atom. The Morgan fingerprint density at radius 3 is 2.64 bits per heavy atom. The Hall–Kier alpha value is -3.92. The zero-order valence-electron chi connectivity index (χ0n) is 19.5. The number of anilines is 1. The van der Waals surface area contributed by atoms with Crippen LogP contribution in [0.2, 0.25) is 0 Å². The molecule has 2 aromatic carbocycles. The molecule has 1 fully saturated rings. The van der Waals surface area contributed by atoms with Crippen LogP contribution in [0.1, 0.15) is 11.1 Å². The number of benzene rings is 2. The number of nitrogens with zero attached hydrogens (tertiary/aromatic N) is 3. The highest BCUT2D eigenvalue weighted by atomic mass is 32.1. The maximum Gasteiger partial charge on any atom is 0.296 e. The molecule has 36 heavy (non-hydrogen) atoms. The molecular weight excluding hydrogens is 474 g/mol. The summed E-state index contributed by atoms with van der Waals surface area (Å²) in [6.07, 6.45) is 3.03. The van der Waals surface area contributed by atoms with Gasteiger partial charge in [-0.25, -0.2) is 9.97 Å². The number of nitrogens with two attached hydrogens (primary N) is 1. The first-order valence-corrected chi connectivity index (χ1v) is 12.4. The maximum absolute atomic E-state index is 12.7. The van der Waals surface area contributed by atoms with Gasteiger partial charge in [0, 0.05) is 43.2 Å². The Labute approximate surface area is 212 Å². The van der Waals surface area contributed by atoms with E-state index >= 15 is 0 Å². The maximum atomic E-state index is 12.7. The Morgan fingerprint density at radius 2 is 1.83 bits per heavy atom. The molecule has 0 saturated carbocycles. The number of nitrogens with one attached hydrogen (secondary N) is 1. The number of amides is 1. The molecule has 3 N–H and O–H groups in total. The van der Waals surface area contributed by atoms with Gasteiger partial charge in [-0.3, -0.25) is 14.5 Å². The summed E-state index contributed by atoms with van der Waals surface area (Å²) in [5.74, 6) is -1.50. The minimum atomic E-state index is -0.770. The monoisotopic (exact) mass is 499 g/mol. The number of ether oxygens (including phenoxy) is 1. The summed E-state index contributed by atoms with van der Waals surface area (Å²) < 4.78 is 5.42. The molecule has 0 radical (unpaired) electrons. The zero-order valence-corrected chi connectivity index (χ0v) is 20.3. The average molecular weight is 500 g/mol. The van der Waals surface area contributed by atoms with Crippen LogP contribution in [0.4, 0.5) is 5.69 Å². The second-order valence-corrected chi connectivity index (χ2v) is 9.38. The van der Waals surface area contributed by atoms with Crippen LogP contribution in [0.15, 0.2) is 72.9 Å². The van der Waals surface area contributed by atoms with Gasteiger partial charge >= 0.3 is 0 Å². The fourth-order valence-electron chi connectivity index (χ4n) is 3.97. The fourth-order valence-corrected chi connectivity index (χ4v) is 4.90. The topological polar surface area (TPSA) is 110 Å². The summed E-state index contributed by atoms with van der Waals surface area (Å²) in [4.78, 5) is 37.7. The first-order valence-electron chi connectivity index (χ1n) is 11.6. The molecule has 1 aliphatic heterocycles. The lowest BCUT2D eigenvalue weighted by Crippen LogP contribution is -2.35. The summed E-state index contributed by atoms with van der Waals surface area (Å²) in [6.45, 7) is 4.09. The van der Waals surface area contributed by atoms with E-state index in [-0.39, 0.29) is 5.70 Å². The van der Waals surface area contributed by atoms with E-state index in [1.807, 2.05) is 36.5 Å². The molecule has 0 spiro atoms. The van der Waals surface area contributed by atoms with Crippen molar-refractivity contribution in [2.45, 2.75) is 6.54 Å². The van der Waals surface area contributed by atoms with Crippen molar-refractivity contribution < 1.29 is 14.3 Å². The molecule has 0 aliphatic carbocycles. The van der Waals surface area contributed by atoms with Gasteiger partial charge in [0.05, 0.1) is 18.9 Å². The smallest absolute Gasteiger partial charge is 0.296 e. The summed E-state index contributed by atoms with van der Waals surface area (Å²) in [5.41, 5.74) is 10.0. The van der Waals surface area contributed by atoms with Gasteiger partial charge in [-0.15, -0.1) is 0 Å². The molecule has 0 unspecified atom stereocenters. The molecule has 0 atom stereocenters. The van der Waals surface area contributed by atoms with E-state index in [1.54, 1.807) is 24.3 Å². The van der Waals surface area contributed by atoms with Crippen LogP contribution < -0.4 is 11.1 Å². The third-order valence-corrected chi connectivity index (χ3v) is 6.85. The number of carbonyl (C=O) groups excluding carboxylic acids is 2. The summed E-state index contributed by atoms with van der Waals surface area (Å²) in [7, 11) is 0. The number of thiazole rings is 1. The SMILES string of the molecule is N/C(=C\C(=O)C(=O)Nc1ccccc1-c1nc2cc(CN3CCOCC3)cnc2s1)c1ccccc1. The molecule has 2 aromatic heterocycles. The van der Waals surface area contributed by atoms with Gasteiger partial charge in [0.1, 0.15) is 15.4 Å². The third-order valence-electron chi connectivity index (χ3n) is 5.84. The third kappa shape index (κ3) is 5.49. The van der Waals surface area contributed by atoms with Crippen LogP contribution in [0.5, 0.6) is 0 Å². The number of aromatic nitrogens is 2. The molecular formula is C27H25N5O3S. The fraction of sp³-hybridized carbons (Fsp3) is 0.185. The highest BCUT2D eigenvalue weighted by Crippen LogP contribution is 2.34. The Bertz CT molecular complexity index is 1430. The number of rotatable bonds is 7. The molecule has 1 amide bonds. The van der Waals surface area contributed by atoms with E-state index in [0.717, 1.165) is 60.4 Å². The number of hydrogen-bond donors (Lipinski definition) is 2. The molecule has 4 aromatic rings. The van der Waals surface area contributed by atoms with Gasteiger partial charge in [0.25, 0.3) is 5.91 Å². The number of morpholine rings is 1. The predicted octanol–water partition coefficient (Wildman–Crippen LogP) is 3.70. The van der Waals surface area contributed by atoms with Crippen LogP contribution in [0.3, 0.4) is 0 Å². The van der Waals surface area contributed by atoms with E-state index in [9.17, 15) is 9.59 Å². The number of carbonyl (C=O) groups is 2. The molecule has 182 valence electrons. The molecule has 1 saturated heterocycles. The van der Waals surface area contributed by atoms with Crippen LogP contribution in [-0.4, -0.2) is 52.9 Å². The molecule has 9 heteroatoms. The molecule has 8 nitrogen and oxygen atoms in total. The molecule has 3 heterocycles. The van der Waals surface area contributed by atoms with E-state index in [2.05, 4.69) is 21.3 Å².